The molecule has 0 aromatic rings. The van der Waals surface area contributed by atoms with Crippen LogP contribution in [0.25, 0.3) is 0 Å². The maximum absolute atomic E-state index is 3.92. The van der Waals surface area contributed by atoms with Crippen molar-refractivity contribution in [1.82, 2.24) is 0 Å². The molecule has 0 bridgehead atoms. The van der Waals surface area contributed by atoms with Crippen LogP contribution in [0.3, 0.4) is 0 Å². The quantitative estimate of drug-likeness (QED) is 0.395. The van der Waals surface area contributed by atoms with Gasteiger partial charge in [0.05, 0.1) is 0 Å². The second kappa shape index (κ2) is 8.91. The third kappa shape index (κ3) is 11.2. The maximum atomic E-state index is 3.92. The fourth-order valence-electron chi connectivity index (χ4n) is 0. The normalized spacial score (nSPS) is 6.00. The zero-order valence-electron chi connectivity index (χ0n) is 3.36. The van der Waals surface area contributed by atoms with Gasteiger partial charge in [-0.2, -0.15) is 12.6 Å². The zero-order valence-corrected chi connectivity index (χ0v) is 5.82. The third-order valence-corrected chi connectivity index (χ3v) is 0.671. The first-order chi connectivity index (χ1) is 1.91. The Morgan fingerprint density at radius 3 is 1.80 bits per heavy atom. The van der Waals surface area contributed by atoms with Crippen molar-refractivity contribution in [3.05, 3.63) is 0 Å². The molecule has 0 spiro atoms. The van der Waals surface area contributed by atoms with Crippen molar-refractivity contribution in [3.63, 3.8) is 0 Å². The monoisotopic (exact) mass is 124 g/mol. The molecule has 0 rings (SSSR count). The first-order valence-corrected chi connectivity index (χ1v) is 2.16. The summed E-state index contributed by atoms with van der Waals surface area (Å²) in [7, 11) is 0. The van der Waals surface area contributed by atoms with Crippen molar-refractivity contribution in [2.24, 2.45) is 0 Å². The van der Waals surface area contributed by atoms with Crippen molar-refractivity contribution in [1.29, 1.82) is 0 Å². The summed E-state index contributed by atoms with van der Waals surface area (Å²) in [4.78, 5) is 0. The van der Waals surface area contributed by atoms with E-state index in [1.54, 1.807) is 0 Å². The van der Waals surface area contributed by atoms with E-state index in [1.807, 2.05) is 0 Å². The molecule has 0 N–H and O–H groups in total. The molecular weight excluding hydrogens is 116 g/mol. The van der Waals surface area contributed by atoms with Crippen LogP contribution in [-0.2, 0) is 21.7 Å². The molecule has 5 heavy (non-hydrogen) atoms. The fourth-order valence-corrected chi connectivity index (χ4v) is 0. The third-order valence-electron chi connectivity index (χ3n) is 0.224. The summed E-state index contributed by atoms with van der Waals surface area (Å²) < 4.78 is 0. The van der Waals surface area contributed by atoms with Crippen LogP contribution >= 0.6 is 12.6 Å². The summed E-state index contributed by atoms with van der Waals surface area (Å²) >= 11 is 3.92. The minimum atomic E-state index is 0. The van der Waals surface area contributed by atoms with Crippen LogP contribution < -0.4 is 0 Å². The molecular formula is C3H8STi. The van der Waals surface area contributed by atoms with Gasteiger partial charge in [0.15, 0.2) is 0 Å². The Hall–Kier alpha value is 1.06. The minimum Gasteiger partial charge on any atom is -0.179 e. The molecule has 0 unspecified atom stereocenters. The van der Waals surface area contributed by atoms with Crippen molar-refractivity contribution >= 4 is 12.6 Å². The number of hydrogen-bond donors (Lipinski definition) is 1. The van der Waals surface area contributed by atoms with Crippen molar-refractivity contribution < 1.29 is 21.7 Å². The molecule has 0 fully saturated rings. The molecule has 0 amide bonds. The van der Waals surface area contributed by atoms with Gasteiger partial charge < -0.3 is 0 Å². The predicted molar refractivity (Wildman–Crippen MR) is 24.1 cm³/mol. The summed E-state index contributed by atoms with van der Waals surface area (Å²) in [5, 5.41) is 0. The van der Waals surface area contributed by atoms with E-state index < -0.39 is 0 Å². The first-order valence-electron chi connectivity index (χ1n) is 1.52. The van der Waals surface area contributed by atoms with Gasteiger partial charge in [-0.1, -0.05) is 6.92 Å². The second-order valence-electron chi connectivity index (χ2n) is 0.724. The van der Waals surface area contributed by atoms with Gasteiger partial charge in [-0.15, -0.1) is 0 Å². The fraction of sp³-hybridized carbons (Fsp3) is 1.00. The summed E-state index contributed by atoms with van der Waals surface area (Å²) in [5.41, 5.74) is 0. The Labute approximate surface area is 53.6 Å². The molecule has 0 aliphatic carbocycles. The van der Waals surface area contributed by atoms with Gasteiger partial charge in [0, 0.05) is 21.7 Å². The van der Waals surface area contributed by atoms with E-state index >= 15 is 0 Å². The van der Waals surface area contributed by atoms with Gasteiger partial charge in [-0.3, -0.25) is 0 Å². The zero-order chi connectivity index (χ0) is 3.41. The number of rotatable bonds is 1. The molecule has 0 saturated heterocycles. The van der Waals surface area contributed by atoms with E-state index in [2.05, 4.69) is 19.6 Å². The van der Waals surface area contributed by atoms with E-state index in [-0.39, 0.29) is 21.7 Å². The molecule has 0 saturated carbocycles. The van der Waals surface area contributed by atoms with E-state index in [0.29, 0.717) is 0 Å². The molecule has 0 heterocycles. The van der Waals surface area contributed by atoms with E-state index in [4.69, 9.17) is 0 Å². The maximum Gasteiger partial charge on any atom is 0 e. The van der Waals surface area contributed by atoms with Crippen LogP contribution in [0, 0.1) is 0 Å². The summed E-state index contributed by atoms with van der Waals surface area (Å²) in [5.74, 6) is 1.01. The number of thiol groups is 1. The molecule has 0 radical (unpaired) electrons. The largest absolute Gasteiger partial charge is 0.179 e. The summed E-state index contributed by atoms with van der Waals surface area (Å²) in [6, 6.07) is 0. The molecule has 2 heteroatoms. The standard InChI is InChI=1S/C3H8S.Ti/c1-2-3-4;/h4H,2-3H2,1H3;. The molecule has 0 aromatic carbocycles. The van der Waals surface area contributed by atoms with Gasteiger partial charge in [0.25, 0.3) is 0 Å². The van der Waals surface area contributed by atoms with Crippen LogP contribution in [0.5, 0.6) is 0 Å². The molecule has 0 nitrogen and oxygen atoms in total. The Morgan fingerprint density at radius 2 is 1.80 bits per heavy atom. The predicted octanol–water partition coefficient (Wildman–Crippen LogP) is 1.32. The SMILES string of the molecule is CCCS.[Ti]. The summed E-state index contributed by atoms with van der Waals surface area (Å²) in [6.45, 7) is 2.10. The van der Waals surface area contributed by atoms with Gasteiger partial charge in [-0.05, 0) is 12.2 Å². The van der Waals surface area contributed by atoms with Crippen LogP contribution in [0.2, 0.25) is 0 Å². The van der Waals surface area contributed by atoms with Gasteiger partial charge in [0.2, 0.25) is 0 Å². The van der Waals surface area contributed by atoms with Crippen LogP contribution in [0.4, 0.5) is 0 Å². The molecule has 0 atom stereocenters. The Kier molecular flexibility index (Phi) is 16.8. The average molecular weight is 124 g/mol. The second-order valence-corrected chi connectivity index (χ2v) is 1.17. The van der Waals surface area contributed by atoms with Crippen molar-refractivity contribution in [2.75, 3.05) is 5.75 Å². The molecule has 0 aliphatic rings. The summed E-state index contributed by atoms with van der Waals surface area (Å²) in [6.07, 6.45) is 1.18. The van der Waals surface area contributed by atoms with Gasteiger partial charge >= 0.3 is 0 Å². The van der Waals surface area contributed by atoms with Gasteiger partial charge in [-0.25, -0.2) is 0 Å². The minimum absolute atomic E-state index is 0. The Morgan fingerprint density at radius 1 is 1.60 bits per heavy atom. The van der Waals surface area contributed by atoms with Crippen LogP contribution in [0.1, 0.15) is 13.3 Å². The first kappa shape index (κ1) is 9.42. The van der Waals surface area contributed by atoms with E-state index in [9.17, 15) is 0 Å². The van der Waals surface area contributed by atoms with E-state index in [0.717, 1.165) is 5.75 Å². The van der Waals surface area contributed by atoms with E-state index in [1.165, 1.54) is 6.42 Å². The van der Waals surface area contributed by atoms with Crippen molar-refractivity contribution in [3.8, 4) is 0 Å². The van der Waals surface area contributed by atoms with Gasteiger partial charge in [0.1, 0.15) is 0 Å². The molecule has 30 valence electrons. The Balaban J connectivity index is 0. The smallest absolute Gasteiger partial charge is 0 e. The van der Waals surface area contributed by atoms with Crippen molar-refractivity contribution in [2.45, 2.75) is 13.3 Å². The Bertz CT molecular complexity index is 8.85. The topological polar surface area (TPSA) is 0 Å². The van der Waals surface area contributed by atoms with Crippen LogP contribution in [0.15, 0.2) is 0 Å². The molecule has 0 aliphatic heterocycles. The molecule has 0 aromatic heterocycles. The van der Waals surface area contributed by atoms with Crippen LogP contribution in [-0.4, -0.2) is 5.75 Å². The number of hydrogen-bond acceptors (Lipinski definition) is 1. The average Bonchev–Trinajstić information content (AvgIpc) is 1.37.